The third-order valence-electron chi connectivity index (χ3n) is 2.76. The van der Waals surface area contributed by atoms with Crippen LogP contribution in [0.4, 0.5) is 5.69 Å². The molecule has 0 saturated heterocycles. The van der Waals surface area contributed by atoms with Gasteiger partial charge in [0.15, 0.2) is 0 Å². The van der Waals surface area contributed by atoms with E-state index in [0.29, 0.717) is 26.1 Å². The molecule has 0 heterocycles. The second kappa shape index (κ2) is 7.71. The number of hydrogen-bond donors (Lipinski definition) is 2. The zero-order valence-electron chi connectivity index (χ0n) is 11.4. The number of ether oxygens (including phenoxy) is 1. The van der Waals surface area contributed by atoms with E-state index < -0.39 is 0 Å². The zero-order chi connectivity index (χ0) is 13.4. The zero-order valence-corrected chi connectivity index (χ0v) is 11.4. The second-order valence-corrected chi connectivity index (χ2v) is 4.29. The Morgan fingerprint density at radius 3 is 2.50 bits per heavy atom. The van der Waals surface area contributed by atoms with Crippen LogP contribution in [0.3, 0.4) is 0 Å². The highest BCUT2D eigenvalue weighted by Crippen LogP contribution is 2.18. The SMILES string of the molecule is COCCNC(=O)CCNc1c(C)cccc1C. The number of carbonyl (C=O) groups is 1. The van der Waals surface area contributed by atoms with Crippen molar-refractivity contribution in [3.63, 3.8) is 0 Å². The Morgan fingerprint density at radius 2 is 1.89 bits per heavy atom. The van der Waals surface area contributed by atoms with Gasteiger partial charge in [0.1, 0.15) is 0 Å². The highest BCUT2D eigenvalue weighted by Gasteiger charge is 2.03. The molecule has 0 aliphatic carbocycles. The van der Waals surface area contributed by atoms with Crippen molar-refractivity contribution in [1.82, 2.24) is 5.32 Å². The maximum absolute atomic E-state index is 11.5. The van der Waals surface area contributed by atoms with E-state index in [9.17, 15) is 4.79 Å². The minimum Gasteiger partial charge on any atom is -0.384 e. The highest BCUT2D eigenvalue weighted by atomic mass is 16.5. The fourth-order valence-electron chi connectivity index (χ4n) is 1.78. The Kier molecular flexibility index (Phi) is 6.22. The lowest BCUT2D eigenvalue weighted by Gasteiger charge is -2.12. The lowest BCUT2D eigenvalue weighted by molar-refractivity contribution is -0.121. The molecule has 18 heavy (non-hydrogen) atoms. The first-order valence-electron chi connectivity index (χ1n) is 6.21. The Hall–Kier alpha value is -1.55. The summed E-state index contributed by atoms with van der Waals surface area (Å²) >= 11 is 0. The average Bonchev–Trinajstić information content (AvgIpc) is 2.33. The van der Waals surface area contributed by atoms with E-state index in [1.54, 1.807) is 7.11 Å². The molecule has 1 aromatic rings. The summed E-state index contributed by atoms with van der Waals surface area (Å²) in [6, 6.07) is 6.16. The normalized spacial score (nSPS) is 10.2. The number of hydrogen-bond acceptors (Lipinski definition) is 3. The van der Waals surface area contributed by atoms with Crippen LogP contribution in [0.1, 0.15) is 17.5 Å². The van der Waals surface area contributed by atoms with E-state index in [0.717, 1.165) is 5.69 Å². The average molecular weight is 250 g/mol. The molecule has 1 rings (SSSR count). The van der Waals surface area contributed by atoms with Gasteiger partial charge in [-0.1, -0.05) is 18.2 Å². The van der Waals surface area contributed by atoms with Crippen LogP contribution in [0.15, 0.2) is 18.2 Å². The molecule has 0 saturated carbocycles. The third kappa shape index (κ3) is 4.75. The van der Waals surface area contributed by atoms with Gasteiger partial charge in [0.05, 0.1) is 6.61 Å². The van der Waals surface area contributed by atoms with Gasteiger partial charge in [-0.05, 0) is 25.0 Å². The third-order valence-corrected chi connectivity index (χ3v) is 2.76. The summed E-state index contributed by atoms with van der Waals surface area (Å²) in [5, 5.41) is 6.11. The highest BCUT2D eigenvalue weighted by molar-refractivity contribution is 5.76. The van der Waals surface area contributed by atoms with Crippen molar-refractivity contribution in [2.24, 2.45) is 0 Å². The van der Waals surface area contributed by atoms with Crippen LogP contribution in [0, 0.1) is 13.8 Å². The maximum Gasteiger partial charge on any atom is 0.221 e. The van der Waals surface area contributed by atoms with E-state index in [1.165, 1.54) is 11.1 Å². The fourth-order valence-corrected chi connectivity index (χ4v) is 1.78. The molecule has 0 atom stereocenters. The first-order chi connectivity index (χ1) is 8.65. The van der Waals surface area contributed by atoms with Crippen LogP contribution >= 0.6 is 0 Å². The number of amides is 1. The van der Waals surface area contributed by atoms with Crippen LogP contribution in [0.2, 0.25) is 0 Å². The number of rotatable bonds is 7. The lowest BCUT2D eigenvalue weighted by atomic mass is 10.1. The molecule has 0 radical (unpaired) electrons. The lowest BCUT2D eigenvalue weighted by Crippen LogP contribution is -2.28. The number of nitrogens with one attached hydrogen (secondary N) is 2. The first kappa shape index (κ1) is 14.5. The minimum absolute atomic E-state index is 0.0470. The van der Waals surface area contributed by atoms with E-state index in [4.69, 9.17) is 4.74 Å². The van der Waals surface area contributed by atoms with E-state index in [1.807, 2.05) is 6.07 Å². The number of benzene rings is 1. The van der Waals surface area contributed by atoms with Crippen molar-refractivity contribution in [3.05, 3.63) is 29.3 Å². The monoisotopic (exact) mass is 250 g/mol. The van der Waals surface area contributed by atoms with Gasteiger partial charge in [-0.3, -0.25) is 4.79 Å². The molecule has 0 spiro atoms. The molecule has 0 aromatic heterocycles. The van der Waals surface area contributed by atoms with Crippen molar-refractivity contribution >= 4 is 11.6 Å². The topological polar surface area (TPSA) is 50.4 Å². The van der Waals surface area contributed by atoms with Gasteiger partial charge in [-0.25, -0.2) is 0 Å². The summed E-state index contributed by atoms with van der Waals surface area (Å²) in [7, 11) is 1.62. The van der Waals surface area contributed by atoms with Crippen molar-refractivity contribution in [1.29, 1.82) is 0 Å². The maximum atomic E-state index is 11.5. The van der Waals surface area contributed by atoms with Gasteiger partial charge in [-0.2, -0.15) is 0 Å². The fraction of sp³-hybridized carbons (Fsp3) is 0.500. The van der Waals surface area contributed by atoms with Crippen molar-refractivity contribution in [2.45, 2.75) is 20.3 Å². The van der Waals surface area contributed by atoms with Crippen molar-refractivity contribution < 1.29 is 9.53 Å². The van der Waals surface area contributed by atoms with Crippen LogP contribution in [0.25, 0.3) is 0 Å². The van der Waals surface area contributed by atoms with Gasteiger partial charge < -0.3 is 15.4 Å². The predicted octanol–water partition coefficient (Wildman–Crippen LogP) is 1.87. The van der Waals surface area contributed by atoms with Crippen LogP contribution in [-0.2, 0) is 9.53 Å². The molecule has 0 aliphatic rings. The molecular formula is C14H22N2O2. The Labute approximate surface area is 109 Å². The van der Waals surface area contributed by atoms with E-state index in [-0.39, 0.29) is 5.91 Å². The molecule has 0 aliphatic heterocycles. The second-order valence-electron chi connectivity index (χ2n) is 4.29. The molecule has 0 unspecified atom stereocenters. The molecule has 100 valence electrons. The quantitative estimate of drug-likeness (QED) is 0.726. The molecule has 4 heteroatoms. The van der Waals surface area contributed by atoms with Crippen LogP contribution in [0.5, 0.6) is 0 Å². The first-order valence-corrected chi connectivity index (χ1v) is 6.21. The van der Waals surface area contributed by atoms with Gasteiger partial charge in [0.25, 0.3) is 0 Å². The van der Waals surface area contributed by atoms with Crippen molar-refractivity contribution in [2.75, 3.05) is 32.1 Å². The molecule has 2 N–H and O–H groups in total. The number of carbonyl (C=O) groups excluding carboxylic acids is 1. The number of methoxy groups -OCH3 is 1. The molecule has 4 nitrogen and oxygen atoms in total. The standard InChI is InChI=1S/C14H22N2O2/c1-11-5-4-6-12(2)14(11)16-8-7-13(17)15-9-10-18-3/h4-6,16H,7-10H2,1-3H3,(H,15,17). The number of para-hydroxylation sites is 1. The molecule has 1 amide bonds. The number of aryl methyl sites for hydroxylation is 2. The van der Waals surface area contributed by atoms with Gasteiger partial charge >= 0.3 is 0 Å². The van der Waals surface area contributed by atoms with Gasteiger partial charge in [0, 0.05) is 32.3 Å². The minimum atomic E-state index is 0.0470. The van der Waals surface area contributed by atoms with E-state index >= 15 is 0 Å². The van der Waals surface area contributed by atoms with Crippen LogP contribution < -0.4 is 10.6 Å². The summed E-state index contributed by atoms with van der Waals surface area (Å²) < 4.78 is 4.87. The van der Waals surface area contributed by atoms with Gasteiger partial charge in [-0.15, -0.1) is 0 Å². The molecule has 0 fully saturated rings. The molecule has 1 aromatic carbocycles. The largest absolute Gasteiger partial charge is 0.384 e. The summed E-state index contributed by atoms with van der Waals surface area (Å²) in [5.41, 5.74) is 3.53. The Balaban J connectivity index is 2.31. The smallest absolute Gasteiger partial charge is 0.221 e. The summed E-state index contributed by atoms with van der Waals surface area (Å²) in [5.74, 6) is 0.0470. The Bertz CT molecular complexity index is 371. The van der Waals surface area contributed by atoms with E-state index in [2.05, 4.69) is 36.6 Å². The number of anilines is 1. The van der Waals surface area contributed by atoms with Gasteiger partial charge in [0.2, 0.25) is 5.91 Å². The van der Waals surface area contributed by atoms with Crippen LogP contribution in [-0.4, -0.2) is 32.7 Å². The molecule has 0 bridgehead atoms. The molecular weight excluding hydrogens is 228 g/mol. The summed E-state index contributed by atoms with van der Waals surface area (Å²) in [4.78, 5) is 11.5. The summed E-state index contributed by atoms with van der Waals surface area (Å²) in [6.45, 7) is 5.89. The summed E-state index contributed by atoms with van der Waals surface area (Å²) in [6.07, 6.45) is 0.470. The van der Waals surface area contributed by atoms with Crippen molar-refractivity contribution in [3.8, 4) is 0 Å². The predicted molar refractivity (Wildman–Crippen MR) is 73.9 cm³/mol. The Morgan fingerprint density at radius 1 is 1.22 bits per heavy atom.